The highest BCUT2D eigenvalue weighted by Crippen LogP contribution is 2.26. The van der Waals surface area contributed by atoms with Gasteiger partial charge in [0.05, 0.1) is 0 Å². The molecule has 1 aliphatic heterocycles. The first-order valence-electron chi connectivity index (χ1n) is 6.74. The number of carbonyl (C=O) groups excluding carboxylic acids is 1. The van der Waals surface area contributed by atoms with E-state index in [1.807, 2.05) is 24.3 Å². The lowest BCUT2D eigenvalue weighted by Gasteiger charge is -2.39. The SMILES string of the molecule is Nc1nccnc1C(=O)N1CC(Cc2ccccc2Cl)C1. The normalized spacial score (nSPS) is 14.8. The zero-order chi connectivity index (χ0) is 14.8. The summed E-state index contributed by atoms with van der Waals surface area (Å²) in [4.78, 5) is 21.9. The van der Waals surface area contributed by atoms with Gasteiger partial charge in [-0.05, 0) is 24.0 Å². The van der Waals surface area contributed by atoms with Crippen LogP contribution in [0.5, 0.6) is 0 Å². The predicted molar refractivity (Wildman–Crippen MR) is 81.0 cm³/mol. The number of nitrogens with two attached hydrogens (primary N) is 1. The fourth-order valence-electron chi connectivity index (χ4n) is 2.50. The highest BCUT2D eigenvalue weighted by molar-refractivity contribution is 6.31. The van der Waals surface area contributed by atoms with Crippen LogP contribution in [0, 0.1) is 5.92 Å². The number of nitrogens with zero attached hydrogens (tertiary/aromatic N) is 3. The van der Waals surface area contributed by atoms with Crippen molar-refractivity contribution >= 4 is 23.3 Å². The van der Waals surface area contributed by atoms with Gasteiger partial charge in [0, 0.05) is 30.5 Å². The first kappa shape index (κ1) is 13.8. The molecule has 5 nitrogen and oxygen atoms in total. The molecule has 0 atom stereocenters. The van der Waals surface area contributed by atoms with Gasteiger partial charge in [-0.25, -0.2) is 9.97 Å². The quantitative estimate of drug-likeness (QED) is 0.941. The van der Waals surface area contributed by atoms with E-state index >= 15 is 0 Å². The van der Waals surface area contributed by atoms with E-state index in [1.165, 1.54) is 12.4 Å². The van der Waals surface area contributed by atoms with Gasteiger partial charge in [0.2, 0.25) is 0 Å². The molecule has 0 spiro atoms. The van der Waals surface area contributed by atoms with Crippen molar-refractivity contribution in [3.63, 3.8) is 0 Å². The summed E-state index contributed by atoms with van der Waals surface area (Å²) in [6.45, 7) is 1.39. The Morgan fingerprint density at radius 1 is 1.29 bits per heavy atom. The Morgan fingerprint density at radius 2 is 2.00 bits per heavy atom. The van der Waals surface area contributed by atoms with Gasteiger partial charge in [0.1, 0.15) is 0 Å². The lowest BCUT2D eigenvalue weighted by atomic mass is 9.92. The summed E-state index contributed by atoms with van der Waals surface area (Å²) in [6, 6.07) is 7.80. The van der Waals surface area contributed by atoms with Crippen LogP contribution in [0.15, 0.2) is 36.7 Å². The first-order valence-corrected chi connectivity index (χ1v) is 7.12. The molecule has 1 amide bonds. The highest BCUT2D eigenvalue weighted by Gasteiger charge is 2.33. The molecule has 3 rings (SSSR count). The smallest absolute Gasteiger partial charge is 0.276 e. The summed E-state index contributed by atoms with van der Waals surface area (Å²) < 4.78 is 0. The first-order chi connectivity index (χ1) is 10.1. The third-order valence-electron chi connectivity index (χ3n) is 3.64. The van der Waals surface area contributed by atoms with Crippen LogP contribution in [0.3, 0.4) is 0 Å². The molecular formula is C15H15ClN4O. The molecule has 1 aliphatic rings. The highest BCUT2D eigenvalue weighted by atomic mass is 35.5. The van der Waals surface area contributed by atoms with E-state index in [1.54, 1.807) is 4.90 Å². The van der Waals surface area contributed by atoms with E-state index in [-0.39, 0.29) is 17.4 Å². The van der Waals surface area contributed by atoms with Crippen LogP contribution in [-0.4, -0.2) is 33.9 Å². The molecule has 1 saturated heterocycles. The number of rotatable bonds is 3. The second-order valence-electron chi connectivity index (χ2n) is 5.16. The summed E-state index contributed by atoms with van der Waals surface area (Å²) in [5.74, 6) is 0.444. The molecule has 108 valence electrons. The van der Waals surface area contributed by atoms with Crippen LogP contribution < -0.4 is 5.73 Å². The van der Waals surface area contributed by atoms with Crippen LogP contribution in [0.4, 0.5) is 5.82 Å². The number of anilines is 1. The minimum atomic E-state index is -0.156. The van der Waals surface area contributed by atoms with E-state index in [0.29, 0.717) is 19.0 Å². The summed E-state index contributed by atoms with van der Waals surface area (Å²) in [7, 11) is 0. The van der Waals surface area contributed by atoms with Gasteiger partial charge in [0.25, 0.3) is 5.91 Å². The molecule has 1 aromatic carbocycles. The molecule has 2 heterocycles. The lowest BCUT2D eigenvalue weighted by Crippen LogP contribution is -2.51. The van der Waals surface area contributed by atoms with Gasteiger partial charge >= 0.3 is 0 Å². The summed E-state index contributed by atoms with van der Waals surface area (Å²) >= 11 is 6.15. The van der Waals surface area contributed by atoms with Gasteiger partial charge in [-0.15, -0.1) is 0 Å². The standard InChI is InChI=1S/C15H15ClN4O/c16-12-4-2-1-3-11(12)7-10-8-20(9-10)15(21)13-14(17)19-6-5-18-13/h1-6,10H,7-9H2,(H2,17,19). The third kappa shape index (κ3) is 2.83. The number of nitrogen functional groups attached to an aromatic ring is 1. The molecule has 0 bridgehead atoms. The maximum atomic E-state index is 12.2. The van der Waals surface area contributed by atoms with Gasteiger partial charge < -0.3 is 10.6 Å². The summed E-state index contributed by atoms with van der Waals surface area (Å²) in [5.41, 5.74) is 7.03. The van der Waals surface area contributed by atoms with E-state index in [2.05, 4.69) is 9.97 Å². The number of carbonyl (C=O) groups is 1. The van der Waals surface area contributed by atoms with Gasteiger partial charge in [-0.2, -0.15) is 0 Å². The fourth-order valence-corrected chi connectivity index (χ4v) is 2.72. The summed E-state index contributed by atoms with van der Waals surface area (Å²) in [6.07, 6.45) is 3.83. The molecule has 2 N–H and O–H groups in total. The zero-order valence-corrected chi connectivity index (χ0v) is 12.1. The minimum Gasteiger partial charge on any atom is -0.382 e. The van der Waals surface area contributed by atoms with Crippen molar-refractivity contribution in [1.82, 2.24) is 14.9 Å². The number of aromatic nitrogens is 2. The molecular weight excluding hydrogens is 288 g/mol. The minimum absolute atomic E-state index is 0.156. The van der Waals surface area contributed by atoms with Crippen molar-refractivity contribution in [3.05, 3.63) is 52.9 Å². The molecule has 2 aromatic rings. The van der Waals surface area contributed by atoms with Gasteiger partial charge in [-0.1, -0.05) is 29.8 Å². The third-order valence-corrected chi connectivity index (χ3v) is 4.01. The Bertz CT molecular complexity index is 670. The number of likely N-dealkylation sites (tertiary alicyclic amines) is 1. The van der Waals surface area contributed by atoms with Crippen molar-refractivity contribution < 1.29 is 4.79 Å². The van der Waals surface area contributed by atoms with Crippen LogP contribution >= 0.6 is 11.6 Å². The molecule has 6 heteroatoms. The Labute approximate surface area is 127 Å². The van der Waals surface area contributed by atoms with Crippen LogP contribution in [0.25, 0.3) is 0 Å². The molecule has 0 saturated carbocycles. The largest absolute Gasteiger partial charge is 0.382 e. The maximum Gasteiger partial charge on any atom is 0.276 e. The van der Waals surface area contributed by atoms with Gasteiger partial charge in [-0.3, -0.25) is 4.79 Å². The Hall–Kier alpha value is -2.14. The Balaban J connectivity index is 1.60. The van der Waals surface area contributed by atoms with E-state index in [0.717, 1.165) is 17.0 Å². The Kier molecular flexibility index (Phi) is 3.75. The number of hydrogen-bond acceptors (Lipinski definition) is 4. The second-order valence-corrected chi connectivity index (χ2v) is 5.57. The van der Waals surface area contributed by atoms with Crippen molar-refractivity contribution in [2.75, 3.05) is 18.8 Å². The fraction of sp³-hybridized carbons (Fsp3) is 0.267. The van der Waals surface area contributed by atoms with Crippen LogP contribution in [0.2, 0.25) is 5.02 Å². The van der Waals surface area contributed by atoms with Crippen LogP contribution in [-0.2, 0) is 6.42 Å². The Morgan fingerprint density at radius 3 is 2.71 bits per heavy atom. The van der Waals surface area contributed by atoms with E-state index in [9.17, 15) is 4.79 Å². The lowest BCUT2D eigenvalue weighted by molar-refractivity contribution is 0.0496. The van der Waals surface area contributed by atoms with Gasteiger partial charge in [0.15, 0.2) is 11.5 Å². The number of hydrogen-bond donors (Lipinski definition) is 1. The molecule has 1 aromatic heterocycles. The summed E-state index contributed by atoms with van der Waals surface area (Å²) in [5, 5.41) is 0.778. The topological polar surface area (TPSA) is 72.1 Å². The van der Waals surface area contributed by atoms with E-state index < -0.39 is 0 Å². The average Bonchev–Trinajstić information content (AvgIpc) is 2.44. The molecule has 1 fully saturated rings. The van der Waals surface area contributed by atoms with Crippen molar-refractivity contribution in [2.24, 2.45) is 5.92 Å². The molecule has 0 unspecified atom stereocenters. The monoisotopic (exact) mass is 302 g/mol. The van der Waals surface area contributed by atoms with Crippen molar-refractivity contribution in [1.29, 1.82) is 0 Å². The van der Waals surface area contributed by atoms with E-state index in [4.69, 9.17) is 17.3 Å². The second kappa shape index (κ2) is 5.69. The predicted octanol–water partition coefficient (Wildman–Crippen LogP) is 2.03. The molecule has 21 heavy (non-hydrogen) atoms. The number of benzene rings is 1. The zero-order valence-electron chi connectivity index (χ0n) is 11.4. The molecule has 0 aliphatic carbocycles. The van der Waals surface area contributed by atoms with Crippen molar-refractivity contribution in [2.45, 2.75) is 6.42 Å². The molecule has 0 radical (unpaired) electrons. The maximum absolute atomic E-state index is 12.2. The average molecular weight is 303 g/mol. The number of amides is 1. The number of halogens is 1. The van der Waals surface area contributed by atoms with Crippen LogP contribution in [0.1, 0.15) is 16.1 Å². The van der Waals surface area contributed by atoms with Crippen molar-refractivity contribution in [3.8, 4) is 0 Å².